The summed E-state index contributed by atoms with van der Waals surface area (Å²) in [5, 5.41) is 25.6. The number of alkyl halides is 2. The summed E-state index contributed by atoms with van der Waals surface area (Å²) in [6.45, 7) is 3.33. The lowest BCUT2D eigenvalue weighted by molar-refractivity contribution is -0.000288. The van der Waals surface area contributed by atoms with Crippen molar-refractivity contribution < 1.29 is 9.84 Å². The summed E-state index contributed by atoms with van der Waals surface area (Å²) in [7, 11) is 0. The molecule has 1 rings (SSSR count). The highest BCUT2D eigenvalue weighted by Gasteiger charge is 2.29. The van der Waals surface area contributed by atoms with Crippen molar-refractivity contribution in [1.82, 2.24) is 0 Å². The fraction of sp³-hybridized carbons (Fsp3) is 0.429. The quantitative estimate of drug-likeness (QED) is 0.609. The molecular weight excluding hydrogens is 388 g/mol. The van der Waals surface area contributed by atoms with E-state index in [0.717, 1.165) is 0 Å². The summed E-state index contributed by atoms with van der Waals surface area (Å²) in [6.07, 6.45) is -0.454. The Morgan fingerprint density at radius 3 is 2.20 bits per heavy atom. The van der Waals surface area contributed by atoms with Gasteiger partial charge in [0, 0.05) is 0 Å². The fourth-order valence-corrected chi connectivity index (χ4v) is 1.50. The Hall–Kier alpha value is -1.08. The van der Waals surface area contributed by atoms with E-state index >= 15 is 0 Å². The van der Waals surface area contributed by atoms with Crippen molar-refractivity contribution in [2.45, 2.75) is 29.8 Å². The molecule has 0 aliphatic carbocycles. The van der Waals surface area contributed by atoms with Crippen molar-refractivity contribution in [3.63, 3.8) is 0 Å². The van der Waals surface area contributed by atoms with Crippen LogP contribution in [0.15, 0.2) is 30.3 Å². The maximum Gasteiger partial charge on any atom is 0.194 e. The molecule has 0 radical (unpaired) electrons. The molecule has 1 aromatic rings. The molecule has 0 bridgehead atoms. The molecule has 0 aliphatic heterocycles. The standard InChI is InChI=1S/C8H10O2.C6H6Br2N2/c1-7(9)10-8-5-3-2-4-6-8;1-5(4-10)6(7,8)2-3-9/h2-7,9H,1H3;5H,2H2,1H3. The molecule has 0 aliphatic rings. The highest BCUT2D eigenvalue weighted by molar-refractivity contribution is 9.25. The van der Waals surface area contributed by atoms with Gasteiger partial charge in [0.25, 0.3) is 0 Å². The van der Waals surface area contributed by atoms with E-state index < -0.39 is 9.52 Å². The number of ether oxygens (including phenoxy) is 1. The second-order valence-corrected chi connectivity index (χ2v) is 7.87. The Bertz CT molecular complexity index is 464. The van der Waals surface area contributed by atoms with Crippen molar-refractivity contribution in [2.24, 2.45) is 5.92 Å². The van der Waals surface area contributed by atoms with Crippen LogP contribution in [-0.4, -0.2) is 14.6 Å². The molecule has 2 unspecified atom stereocenters. The molecule has 0 spiro atoms. The smallest absolute Gasteiger partial charge is 0.194 e. The van der Waals surface area contributed by atoms with E-state index in [1.165, 1.54) is 0 Å². The summed E-state index contributed by atoms with van der Waals surface area (Å²) in [4.78, 5) is 0. The van der Waals surface area contributed by atoms with Crippen molar-refractivity contribution in [1.29, 1.82) is 10.5 Å². The second-order valence-electron chi connectivity index (χ2n) is 3.98. The van der Waals surface area contributed by atoms with Gasteiger partial charge in [0.2, 0.25) is 0 Å². The van der Waals surface area contributed by atoms with Gasteiger partial charge in [-0.05, 0) is 26.0 Å². The fourth-order valence-electron chi connectivity index (χ4n) is 1.05. The molecular formula is C14H16Br2N2O2. The van der Waals surface area contributed by atoms with Crippen LogP contribution in [0.4, 0.5) is 0 Å². The maximum atomic E-state index is 8.78. The molecule has 2 atom stereocenters. The lowest BCUT2D eigenvalue weighted by atomic mass is 10.1. The number of aliphatic hydroxyl groups is 1. The molecule has 1 N–H and O–H groups in total. The minimum Gasteiger partial charge on any atom is -0.465 e. The van der Waals surface area contributed by atoms with Crippen LogP contribution in [0.5, 0.6) is 5.75 Å². The summed E-state index contributed by atoms with van der Waals surface area (Å²) in [6, 6.07) is 13.2. The van der Waals surface area contributed by atoms with Crippen LogP contribution in [0.1, 0.15) is 20.3 Å². The van der Waals surface area contributed by atoms with E-state index in [0.29, 0.717) is 5.75 Å². The second kappa shape index (κ2) is 9.77. The average molecular weight is 404 g/mol. The van der Waals surface area contributed by atoms with Crippen LogP contribution in [0, 0.1) is 28.6 Å². The zero-order valence-corrected chi connectivity index (χ0v) is 14.4. The molecule has 108 valence electrons. The highest BCUT2D eigenvalue weighted by atomic mass is 79.9. The molecule has 4 nitrogen and oxygen atoms in total. The van der Waals surface area contributed by atoms with Gasteiger partial charge in [-0.15, -0.1) is 0 Å². The van der Waals surface area contributed by atoms with Gasteiger partial charge in [-0.25, -0.2) is 0 Å². The topological polar surface area (TPSA) is 77.0 Å². The summed E-state index contributed by atoms with van der Waals surface area (Å²) < 4.78 is 4.43. The number of hydrogen-bond donors (Lipinski definition) is 1. The van der Waals surface area contributed by atoms with Crippen molar-refractivity contribution in [3.05, 3.63) is 30.3 Å². The zero-order chi connectivity index (χ0) is 15.6. The van der Waals surface area contributed by atoms with Gasteiger partial charge in [0.05, 0.1) is 24.5 Å². The lowest BCUT2D eigenvalue weighted by Crippen LogP contribution is -2.19. The number of benzene rings is 1. The Morgan fingerprint density at radius 1 is 1.25 bits per heavy atom. The summed E-state index contributed by atoms with van der Waals surface area (Å²) in [5.74, 6) is 0.477. The first-order valence-electron chi connectivity index (χ1n) is 5.87. The first-order chi connectivity index (χ1) is 9.33. The molecule has 0 heterocycles. The number of aliphatic hydroxyl groups excluding tert-OH is 1. The maximum absolute atomic E-state index is 8.78. The Morgan fingerprint density at radius 2 is 1.80 bits per heavy atom. The molecule has 0 saturated heterocycles. The third-order valence-corrected chi connectivity index (χ3v) is 4.13. The van der Waals surface area contributed by atoms with Crippen LogP contribution in [0.2, 0.25) is 0 Å². The summed E-state index contributed by atoms with van der Waals surface area (Å²) >= 11 is 6.48. The SMILES string of the molecule is CC(C#N)C(Br)(Br)CC#N.CC(O)Oc1ccccc1. The van der Waals surface area contributed by atoms with Gasteiger partial charge in [-0.1, -0.05) is 50.1 Å². The van der Waals surface area contributed by atoms with Gasteiger partial charge in [0.15, 0.2) is 6.29 Å². The minimum atomic E-state index is -0.734. The number of nitriles is 2. The minimum absolute atomic E-state index is 0.216. The summed E-state index contributed by atoms with van der Waals surface area (Å²) in [5.41, 5.74) is 0. The van der Waals surface area contributed by atoms with E-state index in [1.807, 2.05) is 30.3 Å². The monoisotopic (exact) mass is 402 g/mol. The Labute approximate surface area is 136 Å². The molecule has 0 aromatic heterocycles. The van der Waals surface area contributed by atoms with Crippen molar-refractivity contribution in [2.75, 3.05) is 0 Å². The number of nitrogens with zero attached hydrogens (tertiary/aromatic N) is 2. The van der Waals surface area contributed by atoms with Gasteiger partial charge >= 0.3 is 0 Å². The van der Waals surface area contributed by atoms with Gasteiger partial charge in [-0.3, -0.25) is 0 Å². The molecule has 20 heavy (non-hydrogen) atoms. The molecule has 0 amide bonds. The van der Waals surface area contributed by atoms with Gasteiger partial charge < -0.3 is 9.84 Å². The van der Waals surface area contributed by atoms with E-state index in [2.05, 4.69) is 31.9 Å². The van der Waals surface area contributed by atoms with Gasteiger partial charge in [-0.2, -0.15) is 10.5 Å². The number of hydrogen-bond acceptors (Lipinski definition) is 4. The van der Waals surface area contributed by atoms with Crippen LogP contribution in [0.3, 0.4) is 0 Å². The van der Waals surface area contributed by atoms with Crippen molar-refractivity contribution in [3.8, 4) is 17.9 Å². The molecule has 0 fully saturated rings. The third kappa shape index (κ3) is 8.16. The zero-order valence-electron chi connectivity index (χ0n) is 11.3. The molecule has 0 saturated carbocycles. The van der Waals surface area contributed by atoms with E-state index in [1.54, 1.807) is 26.0 Å². The third-order valence-electron chi connectivity index (χ3n) is 2.19. The predicted molar refractivity (Wildman–Crippen MR) is 84.3 cm³/mol. The van der Waals surface area contributed by atoms with Crippen LogP contribution < -0.4 is 4.74 Å². The van der Waals surface area contributed by atoms with E-state index in [9.17, 15) is 0 Å². The number of halogens is 2. The largest absolute Gasteiger partial charge is 0.465 e. The first kappa shape index (κ1) is 18.9. The van der Waals surface area contributed by atoms with E-state index in [-0.39, 0.29) is 12.3 Å². The highest BCUT2D eigenvalue weighted by Crippen LogP contribution is 2.37. The Balaban J connectivity index is 0.000000361. The van der Waals surface area contributed by atoms with Gasteiger partial charge in [0.1, 0.15) is 8.98 Å². The normalized spacial score (nSPS) is 12.9. The number of para-hydroxylation sites is 1. The Kier molecular flexibility index (Phi) is 9.24. The predicted octanol–water partition coefficient (Wildman–Crippen LogP) is 3.95. The average Bonchev–Trinajstić information content (AvgIpc) is 2.39. The first-order valence-corrected chi connectivity index (χ1v) is 7.46. The lowest BCUT2D eigenvalue weighted by Gasteiger charge is -2.18. The van der Waals surface area contributed by atoms with Crippen LogP contribution >= 0.6 is 31.9 Å². The van der Waals surface area contributed by atoms with Crippen LogP contribution in [-0.2, 0) is 0 Å². The van der Waals surface area contributed by atoms with Crippen LogP contribution in [0.25, 0.3) is 0 Å². The van der Waals surface area contributed by atoms with Crippen molar-refractivity contribution >= 4 is 31.9 Å². The molecule has 1 aromatic carbocycles. The number of rotatable bonds is 4. The molecule has 6 heteroatoms. The van der Waals surface area contributed by atoms with E-state index in [4.69, 9.17) is 20.4 Å².